The molecule has 0 radical (unpaired) electrons. The highest BCUT2D eigenvalue weighted by Gasteiger charge is 2.18. The maximum Gasteiger partial charge on any atom is 0.323 e. The predicted octanol–water partition coefficient (Wildman–Crippen LogP) is 4.54. The van der Waals surface area contributed by atoms with Gasteiger partial charge in [0.05, 0.1) is 12.7 Å². The van der Waals surface area contributed by atoms with Gasteiger partial charge in [0.2, 0.25) is 0 Å². The Balaban J connectivity index is 1.22. The molecule has 194 valence electrons. The van der Waals surface area contributed by atoms with Crippen LogP contribution in [0.5, 0.6) is 5.75 Å². The Kier molecular flexibility index (Phi) is 9.37. The predicted molar refractivity (Wildman–Crippen MR) is 148 cm³/mol. The molecule has 37 heavy (non-hydrogen) atoms. The summed E-state index contributed by atoms with van der Waals surface area (Å²) in [7, 11) is 1.50. The van der Waals surface area contributed by atoms with Gasteiger partial charge in [0.25, 0.3) is 5.91 Å². The molecule has 0 bridgehead atoms. The second kappa shape index (κ2) is 13.1. The molecule has 1 saturated heterocycles. The summed E-state index contributed by atoms with van der Waals surface area (Å²) >= 11 is 5.96. The molecule has 0 aliphatic carbocycles. The number of nitrogens with zero attached hydrogens (tertiary/aromatic N) is 2. The van der Waals surface area contributed by atoms with Crippen molar-refractivity contribution < 1.29 is 14.3 Å². The minimum Gasteiger partial charge on any atom is -0.496 e. The molecule has 0 saturated carbocycles. The summed E-state index contributed by atoms with van der Waals surface area (Å²) in [6.45, 7) is 6.27. The van der Waals surface area contributed by atoms with Gasteiger partial charge in [0.15, 0.2) is 0 Å². The molecule has 3 aromatic rings. The van der Waals surface area contributed by atoms with Crippen molar-refractivity contribution in [3.05, 3.63) is 88.9 Å². The smallest absolute Gasteiger partial charge is 0.323 e. The van der Waals surface area contributed by atoms with Crippen LogP contribution in [0.25, 0.3) is 0 Å². The lowest BCUT2D eigenvalue weighted by Crippen LogP contribution is -2.48. The summed E-state index contributed by atoms with van der Waals surface area (Å²) in [4.78, 5) is 29.9. The highest BCUT2D eigenvalue weighted by Crippen LogP contribution is 2.24. The van der Waals surface area contributed by atoms with E-state index in [-0.39, 0.29) is 5.91 Å². The minimum atomic E-state index is -0.426. The normalized spacial score (nSPS) is 14.1. The SMILES string of the molecule is COc1cc(NC(=O)Nc2cccc(Cl)c2)ccc1C(=O)NCCN1CCN(Cc2ccccc2)CC1. The van der Waals surface area contributed by atoms with Crippen LogP contribution in [0.2, 0.25) is 5.02 Å². The average molecular weight is 522 g/mol. The van der Waals surface area contributed by atoms with Crippen LogP contribution >= 0.6 is 11.6 Å². The molecule has 0 unspecified atom stereocenters. The van der Waals surface area contributed by atoms with Crippen LogP contribution in [0, 0.1) is 0 Å². The fraction of sp³-hybridized carbons (Fsp3) is 0.286. The molecule has 1 aliphatic rings. The quantitative estimate of drug-likeness (QED) is 0.385. The van der Waals surface area contributed by atoms with Gasteiger partial charge >= 0.3 is 6.03 Å². The Hall–Kier alpha value is -3.59. The first-order valence-electron chi connectivity index (χ1n) is 12.3. The van der Waals surface area contributed by atoms with E-state index in [1.807, 2.05) is 6.07 Å². The summed E-state index contributed by atoms with van der Waals surface area (Å²) in [5.74, 6) is 0.169. The van der Waals surface area contributed by atoms with E-state index in [1.165, 1.54) is 12.7 Å². The number of ether oxygens (including phenoxy) is 1. The van der Waals surface area contributed by atoms with E-state index >= 15 is 0 Å². The van der Waals surface area contributed by atoms with Crippen molar-refractivity contribution in [2.24, 2.45) is 0 Å². The summed E-state index contributed by atoms with van der Waals surface area (Å²) in [5, 5.41) is 8.97. The number of rotatable bonds is 9. The van der Waals surface area contributed by atoms with Gasteiger partial charge in [0, 0.05) is 68.3 Å². The zero-order chi connectivity index (χ0) is 26.0. The molecule has 3 amide bonds. The number of benzene rings is 3. The third kappa shape index (κ3) is 7.95. The van der Waals surface area contributed by atoms with Crippen LogP contribution in [-0.4, -0.2) is 68.1 Å². The zero-order valence-corrected chi connectivity index (χ0v) is 21.6. The number of nitrogens with one attached hydrogen (secondary N) is 3. The fourth-order valence-corrected chi connectivity index (χ4v) is 4.44. The van der Waals surface area contributed by atoms with Gasteiger partial charge in [-0.1, -0.05) is 48.0 Å². The Morgan fingerprint density at radius 2 is 1.57 bits per heavy atom. The molecular weight excluding hydrogens is 490 g/mol. The lowest BCUT2D eigenvalue weighted by atomic mass is 10.1. The largest absolute Gasteiger partial charge is 0.496 e. The maximum absolute atomic E-state index is 12.8. The van der Waals surface area contributed by atoms with E-state index < -0.39 is 6.03 Å². The third-order valence-corrected chi connectivity index (χ3v) is 6.45. The number of methoxy groups -OCH3 is 1. The Bertz CT molecular complexity index is 1200. The highest BCUT2D eigenvalue weighted by molar-refractivity contribution is 6.30. The van der Waals surface area contributed by atoms with Crippen LogP contribution < -0.4 is 20.7 Å². The molecule has 3 aromatic carbocycles. The number of amides is 3. The first-order valence-corrected chi connectivity index (χ1v) is 12.7. The van der Waals surface area contributed by atoms with Crippen molar-refractivity contribution >= 4 is 34.9 Å². The monoisotopic (exact) mass is 521 g/mol. The van der Waals surface area contributed by atoms with Crippen LogP contribution in [-0.2, 0) is 6.54 Å². The van der Waals surface area contributed by atoms with E-state index in [9.17, 15) is 9.59 Å². The summed E-state index contributed by atoms with van der Waals surface area (Å²) in [6.07, 6.45) is 0. The summed E-state index contributed by atoms with van der Waals surface area (Å²) in [6, 6.07) is 21.9. The van der Waals surface area contributed by atoms with Gasteiger partial charge < -0.3 is 20.7 Å². The molecule has 3 N–H and O–H groups in total. The van der Waals surface area contributed by atoms with E-state index in [2.05, 4.69) is 50.0 Å². The van der Waals surface area contributed by atoms with Gasteiger partial charge in [-0.15, -0.1) is 0 Å². The number of hydrogen-bond donors (Lipinski definition) is 3. The van der Waals surface area contributed by atoms with Gasteiger partial charge in [0.1, 0.15) is 5.75 Å². The summed E-state index contributed by atoms with van der Waals surface area (Å²) < 4.78 is 5.41. The Morgan fingerprint density at radius 1 is 0.865 bits per heavy atom. The van der Waals surface area contributed by atoms with E-state index in [0.717, 1.165) is 39.3 Å². The van der Waals surface area contributed by atoms with E-state index in [0.29, 0.717) is 34.3 Å². The van der Waals surface area contributed by atoms with Crippen LogP contribution in [0.1, 0.15) is 15.9 Å². The fourth-order valence-electron chi connectivity index (χ4n) is 4.25. The lowest BCUT2D eigenvalue weighted by Gasteiger charge is -2.34. The van der Waals surface area contributed by atoms with Crippen molar-refractivity contribution in [2.75, 3.05) is 57.0 Å². The second-order valence-electron chi connectivity index (χ2n) is 8.86. The third-order valence-electron chi connectivity index (χ3n) is 6.21. The van der Waals surface area contributed by atoms with Gasteiger partial charge in [-0.25, -0.2) is 4.79 Å². The molecule has 8 nitrogen and oxygen atoms in total. The molecule has 1 aliphatic heterocycles. The molecule has 1 heterocycles. The number of hydrogen-bond acceptors (Lipinski definition) is 5. The zero-order valence-electron chi connectivity index (χ0n) is 20.9. The van der Waals surface area contributed by atoms with Crippen molar-refractivity contribution in [1.29, 1.82) is 0 Å². The average Bonchev–Trinajstić information content (AvgIpc) is 2.90. The molecule has 1 fully saturated rings. The van der Waals surface area contributed by atoms with Gasteiger partial charge in [-0.2, -0.15) is 0 Å². The molecule has 0 atom stereocenters. The molecule has 4 rings (SSSR count). The number of piperazine rings is 1. The van der Waals surface area contributed by atoms with Gasteiger partial charge in [-0.05, 0) is 35.9 Å². The van der Waals surface area contributed by atoms with E-state index in [4.69, 9.17) is 16.3 Å². The Labute approximate surface area is 222 Å². The Morgan fingerprint density at radius 3 is 2.27 bits per heavy atom. The number of carbonyl (C=O) groups is 2. The van der Waals surface area contributed by atoms with E-state index in [1.54, 1.807) is 42.5 Å². The first kappa shape index (κ1) is 26.5. The highest BCUT2D eigenvalue weighted by atomic mass is 35.5. The number of halogens is 1. The number of urea groups is 1. The number of anilines is 2. The maximum atomic E-state index is 12.8. The van der Waals surface area contributed by atoms with Crippen LogP contribution in [0.15, 0.2) is 72.8 Å². The molecular formula is C28H32ClN5O3. The first-order chi connectivity index (χ1) is 18.0. The van der Waals surface area contributed by atoms with Gasteiger partial charge in [-0.3, -0.25) is 14.6 Å². The standard InChI is InChI=1S/C28H32ClN5O3/c1-37-26-19-24(32-28(36)31-23-9-5-8-22(29)18-23)10-11-25(26)27(35)30-12-13-33-14-16-34(17-15-33)20-21-6-3-2-4-7-21/h2-11,18-19H,12-17,20H2,1H3,(H,30,35)(H2,31,32,36). The van der Waals surface area contributed by atoms with Crippen LogP contribution in [0.3, 0.4) is 0 Å². The minimum absolute atomic E-state index is 0.213. The molecule has 0 aromatic heterocycles. The second-order valence-corrected chi connectivity index (χ2v) is 9.30. The molecule has 9 heteroatoms. The number of carbonyl (C=O) groups excluding carboxylic acids is 2. The van der Waals surface area contributed by atoms with Crippen molar-refractivity contribution in [3.8, 4) is 5.75 Å². The summed E-state index contributed by atoms with van der Waals surface area (Å²) in [5.41, 5.74) is 2.82. The topological polar surface area (TPSA) is 85.9 Å². The van der Waals surface area contributed by atoms with Crippen LogP contribution in [0.4, 0.5) is 16.2 Å². The molecule has 0 spiro atoms. The van der Waals surface area contributed by atoms with Crippen molar-refractivity contribution in [1.82, 2.24) is 15.1 Å². The lowest BCUT2D eigenvalue weighted by molar-refractivity contribution is 0.0931. The van der Waals surface area contributed by atoms with Crippen molar-refractivity contribution in [3.63, 3.8) is 0 Å². The van der Waals surface area contributed by atoms with Crippen molar-refractivity contribution in [2.45, 2.75) is 6.54 Å².